The molecular weight excluding hydrogens is 158 g/mol. The minimum atomic E-state index is 0.0948. The van der Waals surface area contributed by atoms with Crippen LogP contribution in [0.2, 0.25) is 0 Å². The first kappa shape index (κ1) is 9.92. The van der Waals surface area contributed by atoms with Crippen molar-refractivity contribution in [3.05, 3.63) is 0 Å². The topological polar surface area (TPSA) is 54.0 Å². The second-order valence-corrected chi connectivity index (χ2v) is 2.79. The van der Waals surface area contributed by atoms with Crippen LogP contribution >= 0.6 is 0 Å². The Morgan fingerprint density at radius 2 is 2.33 bits per heavy atom. The summed E-state index contributed by atoms with van der Waals surface area (Å²) in [6.45, 7) is 4.05. The lowest BCUT2D eigenvalue weighted by molar-refractivity contribution is 0.0924. The van der Waals surface area contributed by atoms with Gasteiger partial charge >= 0.3 is 0 Å². The first-order chi connectivity index (χ1) is 5.88. The van der Waals surface area contributed by atoms with Crippen LogP contribution in [0.4, 0.5) is 0 Å². The van der Waals surface area contributed by atoms with Gasteiger partial charge in [0, 0.05) is 6.54 Å². The molecular formula is C8H17NO3. The van der Waals surface area contributed by atoms with E-state index in [0.29, 0.717) is 19.3 Å². The number of hydrogen-bond donors (Lipinski definition) is 2. The number of ether oxygens (including phenoxy) is 2. The largest absolute Gasteiger partial charge is 0.394 e. The molecule has 1 saturated heterocycles. The molecule has 0 aromatic rings. The van der Waals surface area contributed by atoms with E-state index in [1.165, 1.54) is 0 Å². The van der Waals surface area contributed by atoms with Crippen molar-refractivity contribution in [2.24, 2.45) is 0 Å². The van der Waals surface area contributed by atoms with Crippen LogP contribution < -0.4 is 5.32 Å². The van der Waals surface area contributed by atoms with E-state index >= 15 is 0 Å². The summed E-state index contributed by atoms with van der Waals surface area (Å²) in [5, 5.41) is 11.6. The number of rotatable bonds is 7. The Morgan fingerprint density at radius 3 is 2.92 bits per heavy atom. The van der Waals surface area contributed by atoms with Crippen LogP contribution in [0.25, 0.3) is 0 Å². The predicted octanol–water partition coefficient (Wildman–Crippen LogP) is -0.280. The molecule has 1 heterocycles. The third-order valence-corrected chi connectivity index (χ3v) is 1.81. The zero-order valence-electron chi connectivity index (χ0n) is 7.45. The third-order valence-electron chi connectivity index (χ3n) is 1.81. The minimum absolute atomic E-state index is 0.0948. The molecule has 12 heavy (non-hydrogen) atoms. The molecule has 2 unspecified atom stereocenters. The molecule has 1 aliphatic rings. The van der Waals surface area contributed by atoms with E-state index in [9.17, 15) is 0 Å². The van der Waals surface area contributed by atoms with Gasteiger partial charge in [0.25, 0.3) is 0 Å². The molecule has 0 saturated carbocycles. The molecule has 4 nitrogen and oxygen atoms in total. The zero-order chi connectivity index (χ0) is 8.81. The number of nitrogens with one attached hydrogen (secondary N) is 1. The summed E-state index contributed by atoms with van der Waals surface area (Å²) in [5.74, 6) is 0. The summed E-state index contributed by atoms with van der Waals surface area (Å²) in [7, 11) is 0. The first-order valence-electron chi connectivity index (χ1n) is 4.46. The van der Waals surface area contributed by atoms with Gasteiger partial charge in [0.15, 0.2) is 0 Å². The Kier molecular flexibility index (Phi) is 4.53. The van der Waals surface area contributed by atoms with Gasteiger partial charge in [-0.2, -0.15) is 0 Å². The molecule has 0 spiro atoms. The minimum Gasteiger partial charge on any atom is -0.394 e. The summed E-state index contributed by atoms with van der Waals surface area (Å²) in [5.41, 5.74) is 0. The van der Waals surface area contributed by atoms with Crippen LogP contribution in [0.5, 0.6) is 0 Å². The fraction of sp³-hybridized carbons (Fsp3) is 1.00. The highest BCUT2D eigenvalue weighted by Gasteiger charge is 2.35. The smallest absolute Gasteiger partial charge is 0.135 e. The molecule has 0 aromatic carbocycles. The number of hydrogen-bond acceptors (Lipinski definition) is 4. The van der Waals surface area contributed by atoms with Crippen LogP contribution in [0, 0.1) is 0 Å². The van der Waals surface area contributed by atoms with Crippen LogP contribution in [-0.2, 0) is 9.47 Å². The maximum absolute atomic E-state index is 8.40. The van der Waals surface area contributed by atoms with Crippen LogP contribution in [0.15, 0.2) is 0 Å². The lowest BCUT2D eigenvalue weighted by Gasteiger charge is -2.01. The van der Waals surface area contributed by atoms with Gasteiger partial charge in [-0.1, -0.05) is 6.92 Å². The van der Waals surface area contributed by atoms with Crippen molar-refractivity contribution in [3.8, 4) is 0 Å². The van der Waals surface area contributed by atoms with Gasteiger partial charge in [0.2, 0.25) is 0 Å². The summed E-state index contributed by atoms with van der Waals surface area (Å²) >= 11 is 0. The number of aliphatic hydroxyl groups excluding tert-OH is 1. The monoisotopic (exact) mass is 175 g/mol. The molecule has 2 N–H and O–H groups in total. The number of epoxide rings is 1. The highest BCUT2D eigenvalue weighted by molar-refractivity contribution is 4.80. The van der Waals surface area contributed by atoms with Crippen molar-refractivity contribution < 1.29 is 14.6 Å². The van der Waals surface area contributed by atoms with E-state index in [4.69, 9.17) is 14.6 Å². The fourth-order valence-corrected chi connectivity index (χ4v) is 1.07. The van der Waals surface area contributed by atoms with Crippen LogP contribution in [-0.4, -0.2) is 43.8 Å². The van der Waals surface area contributed by atoms with Crippen molar-refractivity contribution in [2.75, 3.05) is 26.4 Å². The molecule has 0 aliphatic carbocycles. The Bertz CT molecular complexity index is 121. The van der Waals surface area contributed by atoms with Crippen molar-refractivity contribution in [3.63, 3.8) is 0 Å². The molecule has 1 aliphatic heterocycles. The molecule has 1 fully saturated rings. The molecule has 2 atom stereocenters. The van der Waals surface area contributed by atoms with Gasteiger partial charge in [-0.05, 0) is 6.42 Å². The highest BCUT2D eigenvalue weighted by Crippen LogP contribution is 2.21. The highest BCUT2D eigenvalue weighted by atomic mass is 16.6. The average molecular weight is 175 g/mol. The van der Waals surface area contributed by atoms with E-state index in [1.54, 1.807) is 0 Å². The van der Waals surface area contributed by atoms with Crippen LogP contribution in [0.1, 0.15) is 13.3 Å². The summed E-state index contributed by atoms with van der Waals surface area (Å²) in [6.07, 6.45) is 1.71. The standard InChI is InChI=1S/C8H17NO3/c1-2-7-8(12-7)9-3-5-11-6-4-10/h7-10H,2-6H2,1H3. The SMILES string of the molecule is CCC1OC1NCCOCCO. The van der Waals surface area contributed by atoms with Gasteiger partial charge in [-0.25, -0.2) is 0 Å². The van der Waals surface area contributed by atoms with E-state index in [2.05, 4.69) is 12.2 Å². The Hall–Kier alpha value is -0.160. The summed E-state index contributed by atoms with van der Waals surface area (Å²) < 4.78 is 10.3. The molecule has 72 valence electrons. The number of aliphatic hydroxyl groups is 1. The van der Waals surface area contributed by atoms with E-state index in [-0.39, 0.29) is 12.8 Å². The molecule has 0 aromatic heterocycles. The lowest BCUT2D eigenvalue weighted by atomic mass is 10.3. The second kappa shape index (κ2) is 5.48. The molecule has 0 radical (unpaired) electrons. The Labute approximate surface area is 72.9 Å². The second-order valence-electron chi connectivity index (χ2n) is 2.79. The summed E-state index contributed by atoms with van der Waals surface area (Å²) in [4.78, 5) is 0. The Morgan fingerprint density at radius 1 is 1.50 bits per heavy atom. The predicted molar refractivity (Wildman–Crippen MR) is 44.9 cm³/mol. The zero-order valence-corrected chi connectivity index (χ0v) is 7.45. The van der Waals surface area contributed by atoms with Gasteiger partial charge in [0.1, 0.15) is 6.23 Å². The van der Waals surface area contributed by atoms with Crippen molar-refractivity contribution in [1.82, 2.24) is 5.32 Å². The van der Waals surface area contributed by atoms with Gasteiger partial charge in [-0.15, -0.1) is 0 Å². The quantitative estimate of drug-likeness (QED) is 0.413. The van der Waals surface area contributed by atoms with Gasteiger partial charge < -0.3 is 14.6 Å². The Balaban J connectivity index is 1.78. The van der Waals surface area contributed by atoms with E-state index < -0.39 is 0 Å². The van der Waals surface area contributed by atoms with Crippen molar-refractivity contribution in [1.29, 1.82) is 0 Å². The van der Waals surface area contributed by atoms with Crippen LogP contribution in [0.3, 0.4) is 0 Å². The van der Waals surface area contributed by atoms with E-state index in [1.807, 2.05) is 0 Å². The average Bonchev–Trinajstić information content (AvgIpc) is 2.83. The van der Waals surface area contributed by atoms with Gasteiger partial charge in [0.05, 0.1) is 25.9 Å². The van der Waals surface area contributed by atoms with Gasteiger partial charge in [-0.3, -0.25) is 5.32 Å². The normalized spacial score (nSPS) is 27.5. The summed E-state index contributed by atoms with van der Waals surface area (Å²) in [6, 6.07) is 0. The molecule has 0 bridgehead atoms. The van der Waals surface area contributed by atoms with Crippen molar-refractivity contribution >= 4 is 0 Å². The lowest BCUT2D eigenvalue weighted by Crippen LogP contribution is -2.24. The van der Waals surface area contributed by atoms with Crippen molar-refractivity contribution in [2.45, 2.75) is 25.7 Å². The van der Waals surface area contributed by atoms with E-state index in [0.717, 1.165) is 13.0 Å². The fourth-order valence-electron chi connectivity index (χ4n) is 1.07. The first-order valence-corrected chi connectivity index (χ1v) is 4.46. The third kappa shape index (κ3) is 3.49. The molecule has 1 rings (SSSR count). The molecule has 0 amide bonds. The molecule has 4 heteroatoms. The maximum Gasteiger partial charge on any atom is 0.135 e. The maximum atomic E-state index is 8.40.